The molecule has 32 heavy (non-hydrogen) atoms. The molecule has 0 atom stereocenters. The number of fused-ring (bicyclic) bond motifs is 2. The van der Waals surface area contributed by atoms with Gasteiger partial charge in [0.2, 0.25) is 5.91 Å². The average molecular weight is 447 g/mol. The summed E-state index contributed by atoms with van der Waals surface area (Å²) in [6.07, 6.45) is 4.34. The van der Waals surface area contributed by atoms with Gasteiger partial charge in [0.15, 0.2) is 10.8 Å². The number of hydrogen-bond donors (Lipinski definition) is 0. The zero-order valence-electron chi connectivity index (χ0n) is 17.9. The van der Waals surface area contributed by atoms with Gasteiger partial charge in [-0.3, -0.25) is 4.79 Å². The fourth-order valence-electron chi connectivity index (χ4n) is 4.18. The molecule has 1 aliphatic rings. The average Bonchev–Trinajstić information content (AvgIpc) is 3.43. The van der Waals surface area contributed by atoms with E-state index in [1.165, 1.54) is 6.20 Å². The van der Waals surface area contributed by atoms with Crippen LogP contribution in [0, 0.1) is 25.2 Å². The van der Waals surface area contributed by atoms with Crippen LogP contribution in [0.4, 0.5) is 5.13 Å². The molecule has 0 spiro atoms. The maximum atomic E-state index is 12.9. The van der Waals surface area contributed by atoms with Crippen LogP contribution in [0.25, 0.3) is 16.0 Å². The van der Waals surface area contributed by atoms with E-state index in [0.29, 0.717) is 37.1 Å². The lowest BCUT2D eigenvalue weighted by Crippen LogP contribution is -2.48. The highest BCUT2D eigenvalue weighted by atomic mass is 32.1. The van der Waals surface area contributed by atoms with Gasteiger partial charge in [-0.15, -0.1) is 0 Å². The van der Waals surface area contributed by atoms with Crippen molar-refractivity contribution in [3.05, 3.63) is 47.0 Å². The summed E-state index contributed by atoms with van der Waals surface area (Å²) in [6, 6.07) is 5.99. The highest BCUT2D eigenvalue weighted by molar-refractivity contribution is 7.21. The number of carbonyl (C=O) groups excluding carboxylic acids is 1. The zero-order valence-corrected chi connectivity index (χ0v) is 18.8. The Morgan fingerprint density at radius 3 is 2.78 bits per heavy atom. The van der Waals surface area contributed by atoms with Crippen LogP contribution in [0.15, 0.2) is 24.5 Å². The van der Waals surface area contributed by atoms with Crippen molar-refractivity contribution in [2.75, 3.05) is 31.1 Å². The Labute approximate surface area is 188 Å². The normalized spacial score (nSPS) is 14.3. The second-order valence-electron chi connectivity index (χ2n) is 7.86. The standard InChI is InChI=1S/C22H22N8OS/c1-14-17(15(2)30-20(26-14)16(12-23)13-25-30)5-6-19(31)28-8-10-29(11-9-28)22-27-18-4-3-7-24-21(18)32-22/h3-4,7,13H,5-6,8-11H2,1-2H3. The van der Waals surface area contributed by atoms with Gasteiger partial charge < -0.3 is 9.80 Å². The van der Waals surface area contributed by atoms with Gasteiger partial charge >= 0.3 is 0 Å². The number of anilines is 1. The number of pyridine rings is 1. The maximum absolute atomic E-state index is 12.9. The minimum Gasteiger partial charge on any atom is -0.344 e. The lowest BCUT2D eigenvalue weighted by molar-refractivity contribution is -0.131. The van der Waals surface area contributed by atoms with Gasteiger partial charge in [0.1, 0.15) is 22.0 Å². The largest absolute Gasteiger partial charge is 0.344 e. The SMILES string of the molecule is Cc1nc2c(C#N)cnn2c(C)c1CCC(=O)N1CCN(c2nc3cccnc3s2)CC1. The fraction of sp³-hybridized carbons (Fsp3) is 0.364. The van der Waals surface area contributed by atoms with Crippen LogP contribution in [-0.2, 0) is 11.2 Å². The van der Waals surface area contributed by atoms with E-state index < -0.39 is 0 Å². The highest BCUT2D eigenvalue weighted by Gasteiger charge is 2.24. The van der Waals surface area contributed by atoms with E-state index in [-0.39, 0.29) is 5.91 Å². The first-order chi connectivity index (χ1) is 15.5. The Morgan fingerprint density at radius 1 is 1.22 bits per heavy atom. The lowest BCUT2D eigenvalue weighted by Gasteiger charge is -2.34. The van der Waals surface area contributed by atoms with Crippen molar-refractivity contribution < 1.29 is 4.79 Å². The van der Waals surface area contributed by atoms with Gasteiger partial charge in [0.25, 0.3) is 0 Å². The summed E-state index contributed by atoms with van der Waals surface area (Å²) in [7, 11) is 0. The topological polar surface area (TPSA) is 103 Å². The number of rotatable bonds is 4. The predicted octanol–water partition coefficient (Wildman–Crippen LogP) is 2.50. The molecule has 5 rings (SSSR count). The first kappa shape index (κ1) is 20.3. The van der Waals surface area contributed by atoms with E-state index in [1.807, 2.05) is 30.9 Å². The number of thiazole rings is 1. The van der Waals surface area contributed by atoms with Crippen LogP contribution in [0.3, 0.4) is 0 Å². The Hall–Kier alpha value is -3.58. The van der Waals surface area contributed by atoms with Crippen molar-refractivity contribution in [3.63, 3.8) is 0 Å². The van der Waals surface area contributed by atoms with Gasteiger partial charge in [-0.1, -0.05) is 11.3 Å². The molecule has 0 unspecified atom stereocenters. The van der Waals surface area contributed by atoms with Gasteiger partial charge in [-0.05, 0) is 38.0 Å². The molecule has 1 fully saturated rings. The monoisotopic (exact) mass is 446 g/mol. The molecular weight excluding hydrogens is 424 g/mol. The molecule has 0 bridgehead atoms. The molecule has 4 aromatic heterocycles. The number of nitrogens with zero attached hydrogens (tertiary/aromatic N) is 8. The van der Waals surface area contributed by atoms with Crippen LogP contribution in [0.2, 0.25) is 0 Å². The number of nitriles is 1. The quantitative estimate of drug-likeness (QED) is 0.474. The number of piperazine rings is 1. The smallest absolute Gasteiger partial charge is 0.223 e. The minimum absolute atomic E-state index is 0.146. The summed E-state index contributed by atoms with van der Waals surface area (Å²) in [6.45, 7) is 6.78. The summed E-state index contributed by atoms with van der Waals surface area (Å²) in [5, 5.41) is 14.5. The number of amides is 1. The molecule has 1 aliphatic heterocycles. The van der Waals surface area contributed by atoms with Crippen LogP contribution in [0.1, 0.15) is 28.9 Å². The van der Waals surface area contributed by atoms with E-state index in [9.17, 15) is 10.1 Å². The summed E-state index contributed by atoms with van der Waals surface area (Å²) >= 11 is 1.59. The van der Waals surface area contributed by atoms with Gasteiger partial charge in [0.05, 0.1) is 6.20 Å². The third-order valence-electron chi connectivity index (χ3n) is 5.98. The molecule has 0 aromatic carbocycles. The molecule has 0 N–H and O–H groups in total. The first-order valence-electron chi connectivity index (χ1n) is 10.5. The molecule has 4 aromatic rings. The van der Waals surface area contributed by atoms with Crippen molar-refractivity contribution in [1.82, 2.24) is 29.5 Å². The third-order valence-corrected chi connectivity index (χ3v) is 7.02. The third kappa shape index (κ3) is 3.54. The lowest BCUT2D eigenvalue weighted by atomic mass is 10.1. The van der Waals surface area contributed by atoms with Crippen molar-refractivity contribution in [2.45, 2.75) is 26.7 Å². The minimum atomic E-state index is 0.146. The van der Waals surface area contributed by atoms with E-state index in [4.69, 9.17) is 0 Å². The Balaban J connectivity index is 1.22. The van der Waals surface area contributed by atoms with Crippen molar-refractivity contribution in [2.24, 2.45) is 0 Å². The van der Waals surface area contributed by atoms with Gasteiger partial charge in [-0.2, -0.15) is 10.4 Å². The van der Waals surface area contributed by atoms with Gasteiger partial charge in [-0.25, -0.2) is 19.5 Å². The molecular formula is C22H22N8OS. The van der Waals surface area contributed by atoms with Crippen LogP contribution in [-0.4, -0.2) is 61.6 Å². The summed E-state index contributed by atoms with van der Waals surface area (Å²) in [5.41, 5.74) is 4.73. The first-order valence-corrected chi connectivity index (χ1v) is 11.3. The number of aromatic nitrogens is 5. The molecule has 10 heteroatoms. The maximum Gasteiger partial charge on any atom is 0.223 e. The molecule has 9 nitrogen and oxygen atoms in total. The zero-order chi connectivity index (χ0) is 22.2. The number of hydrogen-bond acceptors (Lipinski definition) is 8. The number of aryl methyl sites for hydroxylation is 2. The molecule has 0 aliphatic carbocycles. The molecule has 0 radical (unpaired) electrons. The number of carbonyl (C=O) groups is 1. The van der Waals surface area contributed by atoms with Crippen LogP contribution < -0.4 is 4.90 Å². The second kappa shape index (κ2) is 8.16. The summed E-state index contributed by atoms with van der Waals surface area (Å²) in [5.74, 6) is 0.146. The summed E-state index contributed by atoms with van der Waals surface area (Å²) < 4.78 is 1.69. The van der Waals surface area contributed by atoms with E-state index in [2.05, 4.69) is 31.0 Å². The molecule has 162 valence electrons. The predicted molar refractivity (Wildman–Crippen MR) is 122 cm³/mol. The molecule has 1 amide bonds. The highest BCUT2D eigenvalue weighted by Crippen LogP contribution is 2.28. The van der Waals surface area contributed by atoms with E-state index in [1.54, 1.807) is 22.0 Å². The summed E-state index contributed by atoms with van der Waals surface area (Å²) in [4.78, 5) is 31.6. The van der Waals surface area contributed by atoms with E-state index in [0.717, 1.165) is 45.5 Å². The van der Waals surface area contributed by atoms with Crippen molar-refractivity contribution in [1.29, 1.82) is 5.26 Å². The van der Waals surface area contributed by atoms with E-state index >= 15 is 0 Å². The second-order valence-corrected chi connectivity index (χ2v) is 8.81. The van der Waals surface area contributed by atoms with Crippen molar-refractivity contribution in [3.8, 4) is 6.07 Å². The van der Waals surface area contributed by atoms with Crippen molar-refractivity contribution >= 4 is 38.4 Å². The molecule has 1 saturated heterocycles. The van der Waals surface area contributed by atoms with Crippen LogP contribution >= 0.6 is 11.3 Å². The Morgan fingerprint density at radius 2 is 2.03 bits per heavy atom. The van der Waals surface area contributed by atoms with Gasteiger partial charge in [0, 0.05) is 50.2 Å². The fourth-order valence-corrected chi connectivity index (χ4v) is 5.14. The Kier molecular flexibility index (Phi) is 5.19. The Bertz CT molecular complexity index is 1330. The van der Waals surface area contributed by atoms with Crippen LogP contribution in [0.5, 0.6) is 0 Å². The molecule has 0 saturated carbocycles. The molecule has 5 heterocycles.